The van der Waals surface area contributed by atoms with E-state index in [9.17, 15) is 4.79 Å². The molecule has 78 valence electrons. The lowest BCUT2D eigenvalue weighted by molar-refractivity contribution is 0.0594. The fourth-order valence-corrected chi connectivity index (χ4v) is 2.11. The van der Waals surface area contributed by atoms with Crippen molar-refractivity contribution in [2.75, 3.05) is 12.8 Å². The number of rotatable bonds is 1. The van der Waals surface area contributed by atoms with E-state index in [4.69, 9.17) is 17.3 Å². The van der Waals surface area contributed by atoms with E-state index in [0.29, 0.717) is 10.8 Å². The molecule has 0 saturated heterocycles. The fourth-order valence-electron chi connectivity index (χ4n) is 1.10. The van der Waals surface area contributed by atoms with Crippen LogP contribution in [0.3, 0.4) is 0 Å². The van der Waals surface area contributed by atoms with Gasteiger partial charge in [-0.3, -0.25) is 0 Å². The summed E-state index contributed by atoms with van der Waals surface area (Å²) in [7, 11) is 1.26. The van der Waals surface area contributed by atoms with Crippen LogP contribution in [0.2, 0.25) is 5.02 Å². The molecule has 0 aliphatic rings. The maximum atomic E-state index is 11.3. The van der Waals surface area contributed by atoms with E-state index < -0.39 is 5.97 Å². The molecule has 0 saturated carbocycles. The maximum Gasteiger partial charge on any atom is 0.358 e. The Hall–Kier alpha value is -1.40. The van der Waals surface area contributed by atoms with Crippen molar-refractivity contribution < 1.29 is 9.53 Å². The van der Waals surface area contributed by atoms with Crippen molar-refractivity contribution in [3.63, 3.8) is 0 Å². The predicted octanol–water partition coefficient (Wildman–Crippen LogP) is 1.71. The first-order valence-corrected chi connectivity index (χ1v) is 5.12. The van der Waals surface area contributed by atoms with Crippen LogP contribution in [-0.4, -0.2) is 23.0 Å². The summed E-state index contributed by atoms with van der Waals surface area (Å²) in [5.41, 5.74) is 5.97. The Morgan fingerprint density at radius 3 is 3.00 bits per heavy atom. The van der Waals surface area contributed by atoms with Gasteiger partial charge in [-0.2, -0.15) is 0 Å². The van der Waals surface area contributed by atoms with Gasteiger partial charge >= 0.3 is 5.97 Å². The molecule has 0 unspecified atom stereocenters. The van der Waals surface area contributed by atoms with Gasteiger partial charge in [0, 0.05) is 0 Å². The molecule has 0 bridgehead atoms. The zero-order chi connectivity index (χ0) is 11.0. The van der Waals surface area contributed by atoms with Crippen LogP contribution < -0.4 is 5.73 Å². The Morgan fingerprint density at radius 1 is 1.60 bits per heavy atom. The number of methoxy groups -OCH3 is 1. The molecule has 0 amide bonds. The highest BCUT2D eigenvalue weighted by atomic mass is 35.5. The van der Waals surface area contributed by atoms with Crippen molar-refractivity contribution in [1.29, 1.82) is 0 Å². The Kier molecular flexibility index (Phi) is 2.45. The highest BCUT2D eigenvalue weighted by Crippen LogP contribution is 2.27. The first-order valence-electron chi connectivity index (χ1n) is 3.92. The van der Waals surface area contributed by atoms with Crippen LogP contribution in [0.4, 0.5) is 5.13 Å². The standard InChI is InChI=1S/C8H6ClN3O2S/c1-14-7(13)5-3(9)2-4-6(11-5)12-8(10)15-4/h2H,1H3,(H2,10,11,12). The molecule has 15 heavy (non-hydrogen) atoms. The number of pyridine rings is 1. The first kappa shape index (κ1) is 10.1. The number of carbonyl (C=O) groups excluding carboxylic acids is 1. The lowest BCUT2D eigenvalue weighted by Crippen LogP contribution is -2.05. The molecule has 2 aromatic rings. The summed E-state index contributed by atoms with van der Waals surface area (Å²) in [4.78, 5) is 19.2. The topological polar surface area (TPSA) is 78.1 Å². The minimum absolute atomic E-state index is 0.0527. The van der Waals surface area contributed by atoms with Crippen LogP contribution in [0.1, 0.15) is 10.5 Å². The van der Waals surface area contributed by atoms with E-state index in [1.807, 2.05) is 0 Å². The van der Waals surface area contributed by atoms with E-state index in [-0.39, 0.29) is 10.7 Å². The number of fused-ring (bicyclic) bond motifs is 1. The number of anilines is 1. The summed E-state index contributed by atoms with van der Waals surface area (Å²) < 4.78 is 5.27. The summed E-state index contributed by atoms with van der Waals surface area (Å²) in [5.74, 6) is -0.589. The van der Waals surface area contributed by atoms with Crippen molar-refractivity contribution in [2.45, 2.75) is 0 Å². The molecule has 2 heterocycles. The van der Waals surface area contributed by atoms with Crippen molar-refractivity contribution in [2.24, 2.45) is 0 Å². The summed E-state index contributed by atoms with van der Waals surface area (Å²) in [6.07, 6.45) is 0. The summed E-state index contributed by atoms with van der Waals surface area (Å²) >= 11 is 7.12. The first-order chi connectivity index (χ1) is 7.11. The molecule has 0 radical (unpaired) electrons. The highest BCUT2D eigenvalue weighted by molar-refractivity contribution is 7.22. The Bertz CT molecular complexity index is 540. The molecule has 0 aliphatic carbocycles. The van der Waals surface area contributed by atoms with E-state index >= 15 is 0 Å². The molecule has 0 aliphatic heterocycles. The fraction of sp³-hybridized carbons (Fsp3) is 0.125. The van der Waals surface area contributed by atoms with Gasteiger partial charge in [0.1, 0.15) is 0 Å². The van der Waals surface area contributed by atoms with Crippen molar-refractivity contribution >= 4 is 44.4 Å². The Balaban J connectivity index is 2.66. The van der Waals surface area contributed by atoms with E-state index in [2.05, 4.69) is 14.7 Å². The minimum atomic E-state index is -0.589. The van der Waals surface area contributed by atoms with Gasteiger partial charge in [0.05, 0.1) is 16.8 Å². The molecule has 0 aromatic carbocycles. The van der Waals surface area contributed by atoms with Crippen molar-refractivity contribution in [3.05, 3.63) is 16.8 Å². The third kappa shape index (κ3) is 1.73. The molecule has 7 heteroatoms. The van der Waals surface area contributed by atoms with Crippen LogP contribution in [0, 0.1) is 0 Å². The van der Waals surface area contributed by atoms with Gasteiger partial charge in [-0.1, -0.05) is 22.9 Å². The lowest BCUT2D eigenvalue weighted by Gasteiger charge is -1.99. The van der Waals surface area contributed by atoms with Crippen molar-refractivity contribution in [3.8, 4) is 0 Å². The number of halogens is 1. The highest BCUT2D eigenvalue weighted by Gasteiger charge is 2.15. The quantitative estimate of drug-likeness (QED) is 0.772. The molecular formula is C8H6ClN3O2S. The second kappa shape index (κ2) is 3.63. The van der Waals surface area contributed by atoms with E-state index in [1.165, 1.54) is 18.4 Å². The maximum absolute atomic E-state index is 11.3. The minimum Gasteiger partial charge on any atom is -0.464 e. The number of ether oxygens (including phenoxy) is 1. The largest absolute Gasteiger partial charge is 0.464 e. The van der Waals surface area contributed by atoms with Crippen LogP contribution in [0.5, 0.6) is 0 Å². The number of nitrogen functional groups attached to an aromatic ring is 1. The van der Waals surface area contributed by atoms with Gasteiger partial charge in [-0.15, -0.1) is 0 Å². The van der Waals surface area contributed by atoms with E-state index in [1.54, 1.807) is 6.07 Å². The second-order valence-electron chi connectivity index (χ2n) is 2.68. The van der Waals surface area contributed by atoms with Gasteiger partial charge in [-0.25, -0.2) is 14.8 Å². The molecule has 5 nitrogen and oxygen atoms in total. The zero-order valence-electron chi connectivity index (χ0n) is 7.65. The molecule has 0 fully saturated rings. The molecule has 2 N–H and O–H groups in total. The summed E-state index contributed by atoms with van der Waals surface area (Å²) in [5, 5.41) is 0.619. The van der Waals surface area contributed by atoms with Gasteiger partial charge in [-0.05, 0) is 6.07 Å². The van der Waals surface area contributed by atoms with Crippen LogP contribution in [0.25, 0.3) is 10.3 Å². The monoisotopic (exact) mass is 243 g/mol. The number of thiazole rings is 1. The van der Waals surface area contributed by atoms with Gasteiger partial charge < -0.3 is 10.5 Å². The number of hydrogen-bond donors (Lipinski definition) is 1. The molecule has 0 atom stereocenters. The Labute approximate surface area is 93.8 Å². The SMILES string of the molecule is COC(=O)c1nc2nc(N)sc2cc1Cl. The Morgan fingerprint density at radius 2 is 2.33 bits per heavy atom. The lowest BCUT2D eigenvalue weighted by atomic mass is 10.3. The molecule has 2 rings (SSSR count). The summed E-state index contributed by atoms with van der Waals surface area (Å²) in [6.45, 7) is 0. The van der Waals surface area contributed by atoms with Gasteiger partial charge in [0.25, 0.3) is 0 Å². The number of esters is 1. The third-order valence-corrected chi connectivity index (χ3v) is 2.84. The van der Waals surface area contributed by atoms with Gasteiger partial charge in [0.15, 0.2) is 16.5 Å². The molecular weight excluding hydrogens is 238 g/mol. The third-order valence-electron chi connectivity index (χ3n) is 1.73. The number of hydrogen-bond acceptors (Lipinski definition) is 6. The van der Waals surface area contributed by atoms with Crippen LogP contribution in [-0.2, 0) is 4.74 Å². The smallest absolute Gasteiger partial charge is 0.358 e. The zero-order valence-corrected chi connectivity index (χ0v) is 9.22. The predicted molar refractivity (Wildman–Crippen MR) is 58.2 cm³/mol. The van der Waals surface area contributed by atoms with Crippen molar-refractivity contribution in [1.82, 2.24) is 9.97 Å². The number of carbonyl (C=O) groups is 1. The van der Waals surface area contributed by atoms with Gasteiger partial charge in [0.2, 0.25) is 0 Å². The average molecular weight is 244 g/mol. The average Bonchev–Trinajstić information content (AvgIpc) is 2.55. The second-order valence-corrected chi connectivity index (χ2v) is 4.15. The van der Waals surface area contributed by atoms with Crippen LogP contribution >= 0.6 is 22.9 Å². The summed E-state index contributed by atoms with van der Waals surface area (Å²) in [6, 6.07) is 1.60. The number of nitrogens with two attached hydrogens (primary N) is 1. The van der Waals surface area contributed by atoms with E-state index in [0.717, 1.165) is 4.70 Å². The number of aromatic nitrogens is 2. The number of nitrogens with zero attached hydrogens (tertiary/aromatic N) is 2. The normalized spacial score (nSPS) is 10.5. The molecule has 0 spiro atoms. The molecule has 2 aromatic heterocycles. The van der Waals surface area contributed by atoms with Crippen LogP contribution in [0.15, 0.2) is 6.07 Å².